The van der Waals surface area contributed by atoms with E-state index < -0.39 is 23.4 Å². The molecule has 2 aromatic carbocycles. The van der Waals surface area contributed by atoms with Crippen LogP contribution in [-0.4, -0.2) is 30.6 Å². The number of nitrogens with one attached hydrogen (secondary N) is 1. The highest BCUT2D eigenvalue weighted by Gasteiger charge is 2.24. The van der Waals surface area contributed by atoms with E-state index in [0.717, 1.165) is 30.5 Å². The number of carbonyl (C=O) groups is 1. The predicted octanol–water partition coefficient (Wildman–Crippen LogP) is 5.08. The van der Waals surface area contributed by atoms with Crippen LogP contribution >= 0.6 is 11.6 Å². The Bertz CT molecular complexity index is 758. The molecule has 0 bridgehead atoms. The maximum Gasteiger partial charge on any atom is 0.322 e. The van der Waals surface area contributed by atoms with Crippen LogP contribution < -0.4 is 5.32 Å². The molecule has 144 valence electrons. The summed E-state index contributed by atoms with van der Waals surface area (Å²) in [6.45, 7) is 2.18. The fourth-order valence-corrected chi connectivity index (χ4v) is 3.16. The van der Waals surface area contributed by atoms with E-state index in [-0.39, 0.29) is 0 Å². The van der Waals surface area contributed by atoms with Gasteiger partial charge < -0.3 is 15.0 Å². The van der Waals surface area contributed by atoms with Crippen LogP contribution in [0.2, 0.25) is 5.02 Å². The molecule has 0 aromatic heterocycles. The number of urea groups is 1. The van der Waals surface area contributed by atoms with E-state index in [2.05, 4.69) is 5.32 Å². The molecular weight excluding hydrogens is 374 g/mol. The second kappa shape index (κ2) is 9.15. The number of piperidine rings is 1. The van der Waals surface area contributed by atoms with Gasteiger partial charge in [-0.1, -0.05) is 29.8 Å². The molecule has 2 aromatic rings. The van der Waals surface area contributed by atoms with Crippen molar-refractivity contribution >= 4 is 23.3 Å². The van der Waals surface area contributed by atoms with Gasteiger partial charge >= 0.3 is 6.03 Å². The summed E-state index contributed by atoms with van der Waals surface area (Å²) < 4.78 is 33.0. The molecule has 4 nitrogen and oxygen atoms in total. The van der Waals surface area contributed by atoms with Gasteiger partial charge in [-0.25, -0.2) is 13.6 Å². The van der Waals surface area contributed by atoms with E-state index >= 15 is 0 Å². The van der Waals surface area contributed by atoms with E-state index in [1.54, 1.807) is 4.90 Å². The molecule has 0 unspecified atom stereocenters. The summed E-state index contributed by atoms with van der Waals surface area (Å²) >= 11 is 5.86. The number of para-hydroxylation sites is 1. The topological polar surface area (TPSA) is 41.6 Å². The summed E-state index contributed by atoms with van der Waals surface area (Å²) in [4.78, 5) is 13.8. The smallest absolute Gasteiger partial charge is 0.322 e. The van der Waals surface area contributed by atoms with Crippen LogP contribution in [0.1, 0.15) is 18.4 Å². The summed E-state index contributed by atoms with van der Waals surface area (Å²) in [6, 6.07) is 10.5. The molecule has 27 heavy (non-hydrogen) atoms. The third-order valence-electron chi connectivity index (χ3n) is 4.63. The summed E-state index contributed by atoms with van der Waals surface area (Å²) in [5.74, 6) is -1.21. The third-order valence-corrected chi connectivity index (χ3v) is 4.88. The Hall–Kier alpha value is -2.18. The molecule has 1 heterocycles. The van der Waals surface area contributed by atoms with Crippen LogP contribution in [0.4, 0.5) is 19.3 Å². The number of rotatable bonds is 5. The second-order valence-electron chi connectivity index (χ2n) is 6.60. The number of amides is 2. The van der Waals surface area contributed by atoms with Crippen LogP contribution in [0.5, 0.6) is 0 Å². The van der Waals surface area contributed by atoms with Crippen molar-refractivity contribution in [2.45, 2.75) is 19.4 Å². The fourth-order valence-electron chi connectivity index (χ4n) is 3.03. The van der Waals surface area contributed by atoms with Crippen LogP contribution in [0.15, 0.2) is 42.5 Å². The monoisotopic (exact) mass is 394 g/mol. The highest BCUT2D eigenvalue weighted by Crippen LogP contribution is 2.22. The average molecular weight is 395 g/mol. The van der Waals surface area contributed by atoms with Gasteiger partial charge in [0, 0.05) is 24.7 Å². The summed E-state index contributed by atoms with van der Waals surface area (Å²) in [5, 5.41) is 3.02. The number of carbonyl (C=O) groups excluding carboxylic acids is 1. The molecule has 0 saturated carbocycles. The van der Waals surface area contributed by atoms with Crippen molar-refractivity contribution in [1.82, 2.24) is 4.90 Å². The van der Waals surface area contributed by atoms with Crippen LogP contribution in [0.25, 0.3) is 0 Å². The number of benzene rings is 2. The van der Waals surface area contributed by atoms with Gasteiger partial charge in [-0.2, -0.15) is 0 Å². The van der Waals surface area contributed by atoms with Crippen molar-refractivity contribution in [2.75, 3.05) is 25.0 Å². The zero-order chi connectivity index (χ0) is 19.2. The van der Waals surface area contributed by atoms with Crippen LogP contribution in [-0.2, 0) is 11.3 Å². The Morgan fingerprint density at radius 2 is 1.74 bits per heavy atom. The van der Waals surface area contributed by atoms with Crippen molar-refractivity contribution in [3.05, 3.63) is 64.7 Å². The van der Waals surface area contributed by atoms with Crippen LogP contribution in [0, 0.1) is 17.6 Å². The standard InChI is InChI=1S/C20H21ClF2N2O2/c21-16-6-4-14(5-7-16)12-27-13-15-8-10-25(11-9-15)20(26)24-19-17(22)2-1-3-18(19)23/h1-7,15H,8-13H2,(H,24,26). The number of likely N-dealkylation sites (tertiary alicyclic amines) is 1. The van der Waals surface area contributed by atoms with Crippen molar-refractivity contribution in [3.8, 4) is 0 Å². The zero-order valence-corrected chi connectivity index (χ0v) is 15.5. The molecule has 1 N–H and O–H groups in total. The van der Waals surface area contributed by atoms with Gasteiger partial charge in [0.1, 0.15) is 17.3 Å². The minimum Gasteiger partial charge on any atom is -0.376 e. The molecule has 1 aliphatic heterocycles. The number of nitrogens with zero attached hydrogens (tertiary/aromatic N) is 1. The zero-order valence-electron chi connectivity index (χ0n) is 14.8. The summed E-state index contributed by atoms with van der Waals surface area (Å²) in [6.07, 6.45) is 1.57. The van der Waals surface area contributed by atoms with Gasteiger partial charge in [0.05, 0.1) is 6.61 Å². The Labute approximate surface area is 162 Å². The number of hydrogen-bond donors (Lipinski definition) is 1. The lowest BCUT2D eigenvalue weighted by atomic mass is 9.98. The minimum absolute atomic E-state index is 0.353. The maximum atomic E-state index is 13.6. The second-order valence-corrected chi connectivity index (χ2v) is 7.04. The molecule has 1 fully saturated rings. The first-order valence-electron chi connectivity index (χ1n) is 8.85. The molecule has 7 heteroatoms. The predicted molar refractivity (Wildman–Crippen MR) is 101 cm³/mol. The summed E-state index contributed by atoms with van der Waals surface area (Å²) in [5.41, 5.74) is 0.652. The van der Waals surface area contributed by atoms with Gasteiger partial charge in [-0.05, 0) is 48.6 Å². The molecule has 0 radical (unpaired) electrons. The van der Waals surface area contributed by atoms with Crippen molar-refractivity contribution < 1.29 is 18.3 Å². The first-order valence-corrected chi connectivity index (χ1v) is 9.23. The lowest BCUT2D eigenvalue weighted by Crippen LogP contribution is -2.42. The molecule has 3 rings (SSSR count). The molecule has 0 aliphatic carbocycles. The van der Waals surface area contributed by atoms with Gasteiger partial charge in [0.2, 0.25) is 0 Å². The minimum atomic E-state index is -0.783. The fraction of sp³-hybridized carbons (Fsp3) is 0.350. The highest BCUT2D eigenvalue weighted by molar-refractivity contribution is 6.30. The lowest BCUT2D eigenvalue weighted by molar-refractivity contribution is 0.0640. The van der Waals surface area contributed by atoms with E-state index in [1.165, 1.54) is 6.07 Å². The third kappa shape index (κ3) is 5.40. The lowest BCUT2D eigenvalue weighted by Gasteiger charge is -2.32. The van der Waals surface area contributed by atoms with Gasteiger partial charge in [-0.15, -0.1) is 0 Å². The molecular formula is C20H21ClF2N2O2. The van der Waals surface area contributed by atoms with Gasteiger partial charge in [-0.3, -0.25) is 0 Å². The first-order chi connectivity index (χ1) is 13.0. The normalized spacial score (nSPS) is 15.0. The number of halogens is 3. The SMILES string of the molecule is O=C(Nc1c(F)cccc1F)N1CCC(COCc2ccc(Cl)cc2)CC1. The highest BCUT2D eigenvalue weighted by atomic mass is 35.5. The van der Waals surface area contributed by atoms with Gasteiger partial charge in [0.15, 0.2) is 0 Å². The molecule has 1 saturated heterocycles. The number of anilines is 1. The quantitative estimate of drug-likeness (QED) is 0.768. The Morgan fingerprint density at radius 1 is 1.11 bits per heavy atom. The average Bonchev–Trinajstić information content (AvgIpc) is 2.67. The maximum absolute atomic E-state index is 13.6. The van der Waals surface area contributed by atoms with Crippen molar-refractivity contribution in [3.63, 3.8) is 0 Å². The Kier molecular flexibility index (Phi) is 6.63. The van der Waals surface area contributed by atoms with Crippen molar-refractivity contribution in [2.24, 2.45) is 5.92 Å². The van der Waals surface area contributed by atoms with E-state index in [0.29, 0.717) is 37.2 Å². The molecule has 2 amide bonds. The first kappa shape index (κ1) is 19.6. The summed E-state index contributed by atoms with van der Waals surface area (Å²) in [7, 11) is 0. The van der Waals surface area contributed by atoms with E-state index in [9.17, 15) is 13.6 Å². The number of ether oxygens (including phenoxy) is 1. The Balaban J connectivity index is 1.41. The molecule has 0 atom stereocenters. The van der Waals surface area contributed by atoms with E-state index in [4.69, 9.17) is 16.3 Å². The number of hydrogen-bond acceptors (Lipinski definition) is 2. The van der Waals surface area contributed by atoms with Gasteiger partial charge in [0.25, 0.3) is 0 Å². The molecule has 1 aliphatic rings. The van der Waals surface area contributed by atoms with Crippen LogP contribution in [0.3, 0.4) is 0 Å². The van der Waals surface area contributed by atoms with Crippen molar-refractivity contribution in [1.29, 1.82) is 0 Å². The molecule has 0 spiro atoms. The Morgan fingerprint density at radius 3 is 2.37 bits per heavy atom. The largest absolute Gasteiger partial charge is 0.376 e. The van der Waals surface area contributed by atoms with E-state index in [1.807, 2.05) is 24.3 Å².